The van der Waals surface area contributed by atoms with Crippen molar-refractivity contribution in [2.45, 2.75) is 19.9 Å². The van der Waals surface area contributed by atoms with Gasteiger partial charge in [0.1, 0.15) is 5.82 Å². The van der Waals surface area contributed by atoms with Gasteiger partial charge in [-0.3, -0.25) is 4.99 Å². The summed E-state index contributed by atoms with van der Waals surface area (Å²) in [4.78, 5) is 13.7. The Morgan fingerprint density at radius 1 is 1.33 bits per heavy atom. The number of hydrogen-bond donors (Lipinski definition) is 2. The highest BCUT2D eigenvalue weighted by atomic mass is 127. The van der Waals surface area contributed by atoms with Gasteiger partial charge in [-0.1, -0.05) is 6.07 Å². The summed E-state index contributed by atoms with van der Waals surface area (Å²) < 4.78 is 15.9. The van der Waals surface area contributed by atoms with E-state index in [4.69, 9.17) is 0 Å². The summed E-state index contributed by atoms with van der Waals surface area (Å²) in [5, 5.41) is 7.54. The minimum absolute atomic E-state index is 0. The molecule has 0 radical (unpaired) electrons. The van der Waals surface area contributed by atoms with E-state index in [0.717, 1.165) is 23.5 Å². The average molecular weight is 500 g/mol. The van der Waals surface area contributed by atoms with Gasteiger partial charge >= 0.3 is 0 Å². The molecule has 1 aromatic carbocycles. The Bertz CT molecular complexity index is 878. The Morgan fingerprint density at radius 3 is 2.81 bits per heavy atom. The summed E-state index contributed by atoms with van der Waals surface area (Å²) in [6, 6.07) is 5.15. The van der Waals surface area contributed by atoms with E-state index in [-0.39, 0.29) is 29.8 Å². The molecule has 2 N–H and O–H groups in total. The van der Waals surface area contributed by atoms with Crippen LogP contribution >= 0.6 is 35.3 Å². The predicted molar refractivity (Wildman–Crippen MR) is 118 cm³/mol. The number of guanidine groups is 1. The Balaban J connectivity index is 0.00000261. The summed E-state index contributed by atoms with van der Waals surface area (Å²) in [6.07, 6.45) is 7.64. The molecule has 2 heterocycles. The van der Waals surface area contributed by atoms with Gasteiger partial charge in [0.05, 0.1) is 17.0 Å². The van der Waals surface area contributed by atoms with Crippen LogP contribution in [0.4, 0.5) is 4.39 Å². The summed E-state index contributed by atoms with van der Waals surface area (Å²) in [7, 11) is 1.71. The fourth-order valence-corrected chi connectivity index (χ4v) is 3.27. The van der Waals surface area contributed by atoms with Crippen LogP contribution in [-0.2, 0) is 13.0 Å². The number of halogens is 2. The molecule has 0 saturated carbocycles. The number of imidazole rings is 1. The minimum atomic E-state index is -0.288. The van der Waals surface area contributed by atoms with E-state index in [1.54, 1.807) is 47.7 Å². The SMILES string of the molecule is CN=C(NCCc1ncc(C)s1)NCc1ccc(-n2ccnc2)c(F)c1.I. The zero-order valence-electron chi connectivity index (χ0n) is 15.1. The Hall–Kier alpha value is -2.01. The Labute approximate surface area is 179 Å². The Kier molecular flexibility index (Phi) is 8.17. The van der Waals surface area contributed by atoms with Gasteiger partial charge in [0.25, 0.3) is 0 Å². The van der Waals surface area contributed by atoms with Crippen LogP contribution in [0, 0.1) is 12.7 Å². The smallest absolute Gasteiger partial charge is 0.191 e. The lowest BCUT2D eigenvalue weighted by Gasteiger charge is -2.12. The van der Waals surface area contributed by atoms with Crippen molar-refractivity contribution in [2.75, 3.05) is 13.6 Å². The molecule has 27 heavy (non-hydrogen) atoms. The molecule has 0 amide bonds. The molecule has 3 rings (SSSR count). The molecule has 0 unspecified atom stereocenters. The monoisotopic (exact) mass is 500 g/mol. The molecular weight excluding hydrogens is 478 g/mol. The quantitative estimate of drug-likeness (QED) is 0.310. The van der Waals surface area contributed by atoms with Gasteiger partial charge < -0.3 is 15.2 Å². The van der Waals surface area contributed by atoms with E-state index in [1.807, 2.05) is 19.2 Å². The van der Waals surface area contributed by atoms with E-state index in [9.17, 15) is 4.39 Å². The highest BCUT2D eigenvalue weighted by molar-refractivity contribution is 14.0. The second-order valence-electron chi connectivity index (χ2n) is 5.72. The predicted octanol–water partition coefficient (Wildman–Crippen LogP) is 3.30. The third kappa shape index (κ3) is 5.99. The number of aryl methyl sites for hydroxylation is 1. The average Bonchev–Trinajstić information content (AvgIpc) is 3.30. The molecule has 2 aromatic heterocycles. The molecule has 0 bridgehead atoms. The van der Waals surface area contributed by atoms with Crippen LogP contribution in [0.25, 0.3) is 5.69 Å². The maximum Gasteiger partial charge on any atom is 0.191 e. The Morgan fingerprint density at radius 2 is 2.19 bits per heavy atom. The normalized spacial score (nSPS) is 11.1. The van der Waals surface area contributed by atoms with E-state index in [0.29, 0.717) is 18.2 Å². The number of thiazole rings is 1. The third-order valence-corrected chi connectivity index (χ3v) is 4.75. The molecule has 9 heteroatoms. The number of nitrogens with zero attached hydrogens (tertiary/aromatic N) is 4. The van der Waals surface area contributed by atoms with Crippen molar-refractivity contribution in [3.8, 4) is 5.69 Å². The number of aromatic nitrogens is 3. The zero-order valence-corrected chi connectivity index (χ0v) is 18.3. The standard InChI is InChI=1S/C18H21FN6S.HI/c1-13-10-23-17(26-13)5-6-22-18(20-2)24-11-14-3-4-16(15(19)9-14)25-8-7-21-12-25;/h3-4,7-10,12H,5-6,11H2,1-2H3,(H2,20,22,24);1H. The van der Waals surface area contributed by atoms with Crippen LogP contribution in [0.2, 0.25) is 0 Å². The highest BCUT2D eigenvalue weighted by Gasteiger charge is 2.06. The van der Waals surface area contributed by atoms with Crippen molar-refractivity contribution >= 4 is 41.3 Å². The van der Waals surface area contributed by atoms with Crippen LogP contribution in [-0.4, -0.2) is 34.1 Å². The van der Waals surface area contributed by atoms with Gasteiger partial charge in [0.2, 0.25) is 0 Å². The number of aliphatic imine (C=N–C) groups is 1. The molecule has 6 nitrogen and oxygen atoms in total. The van der Waals surface area contributed by atoms with E-state index in [2.05, 4.69) is 25.6 Å². The summed E-state index contributed by atoms with van der Waals surface area (Å²) >= 11 is 1.70. The van der Waals surface area contributed by atoms with Crippen molar-refractivity contribution in [3.63, 3.8) is 0 Å². The lowest BCUT2D eigenvalue weighted by atomic mass is 10.2. The van der Waals surface area contributed by atoms with Gasteiger partial charge in [-0.2, -0.15) is 0 Å². The summed E-state index contributed by atoms with van der Waals surface area (Å²) in [5.74, 6) is 0.391. The highest BCUT2D eigenvalue weighted by Crippen LogP contribution is 2.15. The van der Waals surface area contributed by atoms with Gasteiger partial charge in [0.15, 0.2) is 5.96 Å². The van der Waals surface area contributed by atoms with Gasteiger partial charge in [-0.25, -0.2) is 14.4 Å². The molecule has 0 atom stereocenters. The van der Waals surface area contributed by atoms with Crippen LogP contribution in [0.3, 0.4) is 0 Å². The topological polar surface area (TPSA) is 67.1 Å². The van der Waals surface area contributed by atoms with Crippen LogP contribution in [0.1, 0.15) is 15.4 Å². The number of nitrogens with one attached hydrogen (secondary N) is 2. The van der Waals surface area contributed by atoms with Gasteiger partial charge in [-0.05, 0) is 24.6 Å². The first-order chi connectivity index (χ1) is 12.7. The lowest BCUT2D eigenvalue weighted by molar-refractivity contribution is 0.615. The fourth-order valence-electron chi connectivity index (χ4n) is 2.48. The van der Waals surface area contributed by atoms with Gasteiger partial charge in [0, 0.05) is 50.0 Å². The van der Waals surface area contributed by atoms with Crippen molar-refractivity contribution in [3.05, 3.63) is 64.4 Å². The fraction of sp³-hybridized carbons (Fsp3) is 0.278. The van der Waals surface area contributed by atoms with Crippen molar-refractivity contribution in [1.29, 1.82) is 0 Å². The van der Waals surface area contributed by atoms with E-state index in [1.165, 1.54) is 10.9 Å². The lowest BCUT2D eigenvalue weighted by Crippen LogP contribution is -2.37. The molecule has 0 fully saturated rings. The van der Waals surface area contributed by atoms with Crippen molar-refractivity contribution in [1.82, 2.24) is 25.2 Å². The number of hydrogen-bond acceptors (Lipinski definition) is 4. The largest absolute Gasteiger partial charge is 0.356 e. The van der Waals surface area contributed by atoms with Crippen molar-refractivity contribution < 1.29 is 4.39 Å². The van der Waals surface area contributed by atoms with Gasteiger partial charge in [-0.15, -0.1) is 35.3 Å². The maximum absolute atomic E-state index is 14.3. The molecule has 144 valence electrons. The molecular formula is C18H22FIN6S. The molecule has 0 spiro atoms. The van der Waals surface area contributed by atoms with Crippen LogP contribution in [0.5, 0.6) is 0 Å². The second-order valence-corrected chi connectivity index (χ2v) is 7.04. The van der Waals surface area contributed by atoms with E-state index < -0.39 is 0 Å². The summed E-state index contributed by atoms with van der Waals surface area (Å²) in [6.45, 7) is 3.27. The molecule has 0 saturated heterocycles. The van der Waals surface area contributed by atoms with E-state index >= 15 is 0 Å². The molecule has 0 aliphatic heterocycles. The minimum Gasteiger partial charge on any atom is -0.356 e. The number of benzene rings is 1. The maximum atomic E-state index is 14.3. The number of rotatable bonds is 6. The van der Waals surface area contributed by atoms with Crippen LogP contribution < -0.4 is 10.6 Å². The second kappa shape index (κ2) is 10.4. The third-order valence-electron chi connectivity index (χ3n) is 3.78. The zero-order chi connectivity index (χ0) is 18.4. The van der Waals surface area contributed by atoms with Crippen LogP contribution in [0.15, 0.2) is 48.1 Å². The first-order valence-electron chi connectivity index (χ1n) is 8.28. The molecule has 0 aliphatic rings. The first-order valence-corrected chi connectivity index (χ1v) is 9.10. The molecule has 0 aliphatic carbocycles. The molecule has 3 aromatic rings. The van der Waals surface area contributed by atoms with Crippen molar-refractivity contribution in [2.24, 2.45) is 4.99 Å². The summed E-state index contributed by atoms with van der Waals surface area (Å²) in [5.41, 5.74) is 1.32. The first kappa shape index (κ1) is 21.3.